The first kappa shape index (κ1) is 34.7. The van der Waals surface area contributed by atoms with Crippen molar-refractivity contribution in [3.05, 3.63) is 35.9 Å². The lowest BCUT2D eigenvalue weighted by molar-refractivity contribution is -0.141. The van der Waals surface area contributed by atoms with Crippen LogP contribution in [-0.4, -0.2) is 90.4 Å². The van der Waals surface area contributed by atoms with Gasteiger partial charge < -0.3 is 35.8 Å². The molecule has 0 bridgehead atoms. The number of alkyl carbamates (subject to hydrolysis) is 1. The summed E-state index contributed by atoms with van der Waals surface area (Å²) in [5.41, 5.74) is 0.0223. The maximum Gasteiger partial charge on any atom is 0.408 e. The largest absolute Gasteiger partial charge is 0.468 e. The average Bonchev–Trinajstić information content (AvgIpc) is 2.89. The molecule has 224 valence electrons. The molecule has 4 amide bonds. The monoisotopic (exact) mass is 582 g/mol. The van der Waals surface area contributed by atoms with Crippen molar-refractivity contribution in [3.8, 4) is 0 Å². The number of carbonyl (C=O) groups excluding carboxylic acids is 5. The predicted molar refractivity (Wildman–Crippen MR) is 152 cm³/mol. The SMILES string of the molecule is COC(=O)CNC(=O)[C@H](Cc1ccccc1)NC(=O)[C@@H](CCCSCCO)NC(=O)[C@H](C)NC(=O)OC(C)(C)C. The fourth-order valence-corrected chi connectivity index (χ4v) is 4.06. The maximum atomic E-state index is 13.4. The Morgan fingerprint density at radius 3 is 2.17 bits per heavy atom. The first-order valence-electron chi connectivity index (χ1n) is 13.0. The highest BCUT2D eigenvalue weighted by molar-refractivity contribution is 7.99. The molecular weight excluding hydrogens is 540 g/mol. The molecule has 1 aromatic carbocycles. The van der Waals surface area contributed by atoms with Crippen molar-refractivity contribution in [1.82, 2.24) is 21.3 Å². The Bertz CT molecular complexity index is 971. The summed E-state index contributed by atoms with van der Waals surface area (Å²) in [6.07, 6.45) is 0.149. The molecule has 1 aromatic rings. The number of ether oxygens (including phenoxy) is 2. The van der Waals surface area contributed by atoms with Crippen molar-refractivity contribution in [2.75, 3.05) is 31.8 Å². The average molecular weight is 583 g/mol. The van der Waals surface area contributed by atoms with E-state index in [4.69, 9.17) is 9.84 Å². The summed E-state index contributed by atoms with van der Waals surface area (Å²) in [5.74, 6) is -1.26. The van der Waals surface area contributed by atoms with Gasteiger partial charge in [-0.15, -0.1) is 0 Å². The maximum absolute atomic E-state index is 13.4. The van der Waals surface area contributed by atoms with E-state index < -0.39 is 53.5 Å². The number of esters is 1. The standard InChI is InChI=1S/C27H42N4O8S/c1-18(29-26(37)39-27(2,3)4)23(34)30-20(12-9-14-40-15-13-32)25(36)31-21(16-19-10-7-6-8-11-19)24(35)28-17-22(33)38-5/h6-8,10-11,18,20-21,32H,9,12-17H2,1-5H3,(H,28,35)(H,29,37)(H,30,34)(H,31,36)/t18-,20+,21-/m0/s1. The number of hydrogen-bond acceptors (Lipinski definition) is 9. The summed E-state index contributed by atoms with van der Waals surface area (Å²) in [4.78, 5) is 62.8. The second-order valence-corrected chi connectivity index (χ2v) is 11.2. The van der Waals surface area contributed by atoms with Gasteiger partial charge in [0.25, 0.3) is 0 Å². The Labute approximate surface area is 239 Å². The molecule has 0 aliphatic carbocycles. The van der Waals surface area contributed by atoms with Gasteiger partial charge in [0.05, 0.1) is 13.7 Å². The summed E-state index contributed by atoms with van der Waals surface area (Å²) in [6, 6.07) is 5.96. The lowest BCUT2D eigenvalue weighted by Crippen LogP contribution is -2.57. The molecule has 0 unspecified atom stereocenters. The lowest BCUT2D eigenvalue weighted by atomic mass is 10.0. The van der Waals surface area contributed by atoms with Gasteiger partial charge in [-0.2, -0.15) is 11.8 Å². The molecule has 13 heteroatoms. The van der Waals surface area contributed by atoms with Gasteiger partial charge in [0, 0.05) is 12.2 Å². The number of aliphatic hydroxyl groups is 1. The zero-order valence-corrected chi connectivity index (χ0v) is 24.6. The predicted octanol–water partition coefficient (Wildman–Crippen LogP) is 0.907. The molecule has 3 atom stereocenters. The van der Waals surface area contributed by atoms with Crippen LogP contribution in [0.15, 0.2) is 30.3 Å². The molecule has 40 heavy (non-hydrogen) atoms. The van der Waals surface area contributed by atoms with E-state index in [0.717, 1.165) is 5.56 Å². The highest BCUT2D eigenvalue weighted by Gasteiger charge is 2.29. The zero-order valence-electron chi connectivity index (χ0n) is 23.8. The van der Waals surface area contributed by atoms with Gasteiger partial charge in [0.15, 0.2) is 0 Å². The van der Waals surface area contributed by atoms with Crippen LogP contribution in [0.3, 0.4) is 0 Å². The van der Waals surface area contributed by atoms with Crippen LogP contribution in [0.1, 0.15) is 46.1 Å². The summed E-state index contributed by atoms with van der Waals surface area (Å²) < 4.78 is 9.75. The van der Waals surface area contributed by atoms with Crippen molar-refractivity contribution in [1.29, 1.82) is 0 Å². The van der Waals surface area contributed by atoms with Crippen LogP contribution in [0.2, 0.25) is 0 Å². The minimum atomic E-state index is -1.04. The molecule has 12 nitrogen and oxygen atoms in total. The van der Waals surface area contributed by atoms with Crippen LogP contribution in [0, 0.1) is 0 Å². The molecule has 0 saturated heterocycles. The fourth-order valence-electron chi connectivity index (χ4n) is 3.36. The molecule has 0 aliphatic rings. The van der Waals surface area contributed by atoms with Crippen LogP contribution in [0.5, 0.6) is 0 Å². The quantitative estimate of drug-likeness (QED) is 0.140. The minimum absolute atomic E-state index is 0.0288. The number of methoxy groups -OCH3 is 1. The van der Waals surface area contributed by atoms with Gasteiger partial charge in [-0.25, -0.2) is 4.79 Å². The molecule has 0 radical (unpaired) electrons. The second kappa shape index (κ2) is 18.1. The topological polar surface area (TPSA) is 172 Å². The van der Waals surface area contributed by atoms with E-state index in [9.17, 15) is 24.0 Å². The molecule has 5 N–H and O–H groups in total. The Morgan fingerprint density at radius 2 is 1.57 bits per heavy atom. The van der Waals surface area contributed by atoms with E-state index in [2.05, 4.69) is 26.0 Å². The summed E-state index contributed by atoms with van der Waals surface area (Å²) in [7, 11) is 1.20. The van der Waals surface area contributed by atoms with Gasteiger partial charge in [-0.1, -0.05) is 30.3 Å². The molecular formula is C27H42N4O8S. The Balaban J connectivity index is 3.01. The van der Waals surface area contributed by atoms with Crippen LogP contribution in [0.25, 0.3) is 0 Å². The van der Waals surface area contributed by atoms with E-state index in [1.807, 2.05) is 6.07 Å². The zero-order chi connectivity index (χ0) is 30.1. The van der Waals surface area contributed by atoms with Gasteiger partial charge in [-0.05, 0) is 51.9 Å². The summed E-state index contributed by atoms with van der Waals surface area (Å²) in [6.45, 7) is 6.20. The third-order valence-electron chi connectivity index (χ3n) is 5.33. The highest BCUT2D eigenvalue weighted by atomic mass is 32.2. The number of aliphatic hydroxyl groups excluding tert-OH is 1. The van der Waals surface area contributed by atoms with Crippen molar-refractivity contribution in [2.24, 2.45) is 0 Å². The van der Waals surface area contributed by atoms with Crippen LogP contribution >= 0.6 is 11.8 Å². The van der Waals surface area contributed by atoms with Crippen LogP contribution < -0.4 is 21.3 Å². The molecule has 0 aliphatic heterocycles. The number of rotatable bonds is 16. The number of carbonyl (C=O) groups is 5. The van der Waals surface area contributed by atoms with Crippen molar-refractivity contribution < 1.29 is 38.6 Å². The molecule has 0 heterocycles. The number of amides is 4. The lowest BCUT2D eigenvalue weighted by Gasteiger charge is -2.25. The van der Waals surface area contributed by atoms with Crippen molar-refractivity contribution >= 4 is 41.5 Å². The van der Waals surface area contributed by atoms with E-state index in [0.29, 0.717) is 17.9 Å². The normalized spacial score (nSPS) is 13.2. The third-order valence-corrected chi connectivity index (χ3v) is 6.38. The molecule has 0 spiro atoms. The first-order valence-corrected chi connectivity index (χ1v) is 14.2. The Hall–Kier alpha value is -3.32. The second-order valence-electron chi connectivity index (χ2n) is 9.95. The van der Waals surface area contributed by atoms with E-state index in [-0.39, 0.29) is 26.0 Å². The number of benzene rings is 1. The van der Waals surface area contributed by atoms with E-state index in [1.165, 1.54) is 25.8 Å². The number of hydrogen-bond donors (Lipinski definition) is 5. The third kappa shape index (κ3) is 14.7. The minimum Gasteiger partial charge on any atom is -0.468 e. The fraction of sp³-hybridized carbons (Fsp3) is 0.593. The molecule has 0 fully saturated rings. The van der Waals surface area contributed by atoms with Gasteiger partial charge in [0.1, 0.15) is 30.3 Å². The molecule has 0 aromatic heterocycles. The Kier molecular flexibility index (Phi) is 15.7. The Morgan fingerprint density at radius 1 is 0.925 bits per heavy atom. The summed E-state index contributed by atoms with van der Waals surface area (Å²) >= 11 is 1.50. The van der Waals surface area contributed by atoms with E-state index in [1.54, 1.807) is 45.0 Å². The highest BCUT2D eigenvalue weighted by Crippen LogP contribution is 2.10. The number of nitrogens with one attached hydrogen (secondary N) is 4. The van der Waals surface area contributed by atoms with Crippen LogP contribution in [-0.2, 0) is 35.1 Å². The molecule has 1 rings (SSSR count). The van der Waals surface area contributed by atoms with Gasteiger partial charge >= 0.3 is 12.1 Å². The van der Waals surface area contributed by atoms with Crippen molar-refractivity contribution in [3.63, 3.8) is 0 Å². The van der Waals surface area contributed by atoms with Crippen molar-refractivity contribution in [2.45, 2.75) is 70.7 Å². The van der Waals surface area contributed by atoms with E-state index >= 15 is 0 Å². The number of thioether (sulfide) groups is 1. The summed E-state index contributed by atoms with van der Waals surface area (Å²) in [5, 5.41) is 19.3. The molecule has 0 saturated carbocycles. The van der Waals surface area contributed by atoms with Crippen LogP contribution in [0.4, 0.5) is 4.79 Å². The van der Waals surface area contributed by atoms with Gasteiger partial charge in [0.2, 0.25) is 17.7 Å². The first-order chi connectivity index (χ1) is 18.9. The smallest absolute Gasteiger partial charge is 0.408 e. The van der Waals surface area contributed by atoms with Gasteiger partial charge in [-0.3, -0.25) is 19.2 Å².